The van der Waals surface area contributed by atoms with Crippen LogP contribution in [0.3, 0.4) is 0 Å². The summed E-state index contributed by atoms with van der Waals surface area (Å²) in [5.74, 6) is -0.512. The number of ether oxygens (including phenoxy) is 1. The van der Waals surface area contributed by atoms with Gasteiger partial charge in [0.05, 0.1) is 25.2 Å². The van der Waals surface area contributed by atoms with Crippen LogP contribution in [0.5, 0.6) is 0 Å². The first-order valence-electron chi connectivity index (χ1n) is 26.4. The Kier molecular flexibility index (Phi) is 47.1. The third-order valence-corrected chi connectivity index (χ3v) is 11.9. The summed E-state index contributed by atoms with van der Waals surface area (Å²) in [6, 6.07) is -0.714. The minimum Gasteiger partial charge on any atom is -0.462 e. The van der Waals surface area contributed by atoms with Crippen molar-refractivity contribution in [2.45, 2.75) is 283 Å². The monoisotopic (exact) mass is 856 g/mol. The lowest BCUT2D eigenvalue weighted by Crippen LogP contribution is -2.46. The molecule has 0 aromatic rings. The molecule has 0 fully saturated rings. The van der Waals surface area contributed by atoms with Crippen LogP contribution in [0.15, 0.2) is 48.6 Å². The van der Waals surface area contributed by atoms with Gasteiger partial charge in [0.1, 0.15) is 6.10 Å². The number of carbonyl (C=O) groups excluding carboxylic acids is 2. The fraction of sp³-hybridized carbons (Fsp3) is 0.818. The standard InChI is InChI=1S/C55H101NO5/c1-4-7-10-13-16-19-22-25-27-29-32-35-38-41-44-47-53(58)52(50-57)56-54(59)49-51(46-43-40-37-34-31-24-21-18-15-12-9-6-3)61-55(60)48-45-42-39-36-33-30-28-26-23-20-17-14-11-8-5-2/h9,12,18,20-21,23,31,34,51-53,57-58H,4-8,10-11,13-17,19,22,24-30,32-33,35-50H2,1-3H3,(H,56,59)/b12-9+,21-18+,23-20-,34-31+. The summed E-state index contributed by atoms with van der Waals surface area (Å²) in [6.07, 6.45) is 58.9. The molecule has 0 aromatic carbocycles. The summed E-state index contributed by atoms with van der Waals surface area (Å²) < 4.78 is 5.91. The van der Waals surface area contributed by atoms with E-state index in [1.54, 1.807) is 0 Å². The average Bonchev–Trinajstić information content (AvgIpc) is 3.25. The number of allylic oxidation sites excluding steroid dienone is 8. The molecule has 61 heavy (non-hydrogen) atoms. The van der Waals surface area contributed by atoms with Crippen molar-refractivity contribution in [1.29, 1.82) is 0 Å². The Morgan fingerprint density at radius 1 is 0.492 bits per heavy atom. The fourth-order valence-corrected chi connectivity index (χ4v) is 7.91. The van der Waals surface area contributed by atoms with Crippen LogP contribution in [0.4, 0.5) is 0 Å². The zero-order chi connectivity index (χ0) is 44.5. The van der Waals surface area contributed by atoms with Crippen molar-refractivity contribution >= 4 is 11.9 Å². The van der Waals surface area contributed by atoms with Gasteiger partial charge >= 0.3 is 5.97 Å². The molecule has 6 heteroatoms. The number of esters is 1. The number of hydrogen-bond acceptors (Lipinski definition) is 5. The van der Waals surface area contributed by atoms with Crippen molar-refractivity contribution in [2.24, 2.45) is 0 Å². The summed E-state index contributed by atoms with van der Waals surface area (Å²) in [6.45, 7) is 6.36. The molecular weight excluding hydrogens is 755 g/mol. The molecule has 0 aromatic heterocycles. The SMILES string of the molecule is CC/C=C/C/C=C/C/C=C/CCCCC(CC(=O)NC(CO)C(O)CCCCCCCCCCCCCCCCC)OC(=O)CCCCCCCCC/C=C\CCCCCC. The molecule has 0 aliphatic heterocycles. The predicted molar refractivity (Wildman–Crippen MR) is 264 cm³/mol. The Labute approximate surface area is 378 Å². The number of amides is 1. The van der Waals surface area contributed by atoms with Gasteiger partial charge in [-0.1, -0.05) is 217 Å². The van der Waals surface area contributed by atoms with E-state index in [4.69, 9.17) is 4.74 Å². The van der Waals surface area contributed by atoms with Gasteiger partial charge in [0, 0.05) is 6.42 Å². The van der Waals surface area contributed by atoms with Crippen LogP contribution in [0.2, 0.25) is 0 Å². The van der Waals surface area contributed by atoms with Crippen molar-refractivity contribution in [3.05, 3.63) is 48.6 Å². The van der Waals surface area contributed by atoms with E-state index in [9.17, 15) is 19.8 Å². The van der Waals surface area contributed by atoms with Crippen LogP contribution in [0.1, 0.15) is 265 Å². The highest BCUT2D eigenvalue weighted by Crippen LogP contribution is 2.17. The van der Waals surface area contributed by atoms with Gasteiger partial charge in [-0.15, -0.1) is 0 Å². The van der Waals surface area contributed by atoms with Crippen LogP contribution in [0.25, 0.3) is 0 Å². The number of nitrogens with one attached hydrogen (secondary N) is 1. The maximum absolute atomic E-state index is 13.2. The second kappa shape index (κ2) is 48.8. The fourth-order valence-electron chi connectivity index (χ4n) is 7.91. The van der Waals surface area contributed by atoms with Crippen molar-refractivity contribution < 1.29 is 24.5 Å². The Bertz CT molecular complexity index is 1050. The quantitative estimate of drug-likeness (QED) is 0.0322. The molecule has 0 spiro atoms. The lowest BCUT2D eigenvalue weighted by Gasteiger charge is -2.24. The highest BCUT2D eigenvalue weighted by Gasteiger charge is 2.24. The maximum atomic E-state index is 13.2. The van der Waals surface area contributed by atoms with E-state index in [2.05, 4.69) is 74.7 Å². The van der Waals surface area contributed by atoms with Gasteiger partial charge in [-0.3, -0.25) is 9.59 Å². The number of hydrogen-bond donors (Lipinski definition) is 3. The number of rotatable bonds is 47. The van der Waals surface area contributed by atoms with Gasteiger partial charge in [-0.05, 0) is 83.5 Å². The molecule has 0 bridgehead atoms. The molecule has 3 N–H and O–H groups in total. The maximum Gasteiger partial charge on any atom is 0.306 e. The summed E-state index contributed by atoms with van der Waals surface area (Å²) in [5, 5.41) is 23.8. The van der Waals surface area contributed by atoms with E-state index in [1.807, 2.05) is 0 Å². The minimum atomic E-state index is -0.798. The summed E-state index contributed by atoms with van der Waals surface area (Å²) in [7, 11) is 0. The summed E-state index contributed by atoms with van der Waals surface area (Å²) in [4.78, 5) is 26.1. The largest absolute Gasteiger partial charge is 0.462 e. The third kappa shape index (κ3) is 44.2. The van der Waals surface area contributed by atoms with E-state index in [1.165, 1.54) is 141 Å². The van der Waals surface area contributed by atoms with Gasteiger partial charge in [0.25, 0.3) is 0 Å². The van der Waals surface area contributed by atoms with Crippen molar-refractivity contribution in [3.63, 3.8) is 0 Å². The van der Waals surface area contributed by atoms with Gasteiger partial charge in [0.15, 0.2) is 0 Å². The zero-order valence-corrected chi connectivity index (χ0v) is 40.5. The molecule has 0 heterocycles. The highest BCUT2D eigenvalue weighted by molar-refractivity contribution is 5.77. The highest BCUT2D eigenvalue weighted by atomic mass is 16.5. The van der Waals surface area contributed by atoms with Crippen LogP contribution in [-0.4, -0.2) is 46.9 Å². The van der Waals surface area contributed by atoms with Crippen molar-refractivity contribution in [1.82, 2.24) is 5.32 Å². The molecular formula is C55H101NO5. The molecule has 3 atom stereocenters. The molecule has 0 aliphatic carbocycles. The molecule has 6 nitrogen and oxygen atoms in total. The van der Waals surface area contributed by atoms with E-state index in [0.717, 1.165) is 77.0 Å². The van der Waals surface area contributed by atoms with Gasteiger partial charge < -0.3 is 20.3 Å². The summed E-state index contributed by atoms with van der Waals surface area (Å²) in [5.41, 5.74) is 0. The molecule has 0 saturated heterocycles. The molecule has 0 saturated carbocycles. The van der Waals surface area contributed by atoms with Crippen LogP contribution < -0.4 is 5.32 Å². The lowest BCUT2D eigenvalue weighted by atomic mass is 10.0. The Morgan fingerprint density at radius 3 is 1.39 bits per heavy atom. The first-order valence-corrected chi connectivity index (χ1v) is 26.4. The molecule has 356 valence electrons. The van der Waals surface area contributed by atoms with Crippen molar-refractivity contribution in [3.8, 4) is 0 Å². The van der Waals surface area contributed by atoms with E-state index >= 15 is 0 Å². The second-order valence-corrected chi connectivity index (χ2v) is 17.9. The topological polar surface area (TPSA) is 95.9 Å². The Balaban J connectivity index is 4.56. The number of carbonyl (C=O) groups is 2. The normalized spacial score (nSPS) is 13.6. The summed E-state index contributed by atoms with van der Waals surface area (Å²) >= 11 is 0. The van der Waals surface area contributed by atoms with Gasteiger partial charge in [-0.2, -0.15) is 0 Å². The minimum absolute atomic E-state index is 0.0507. The lowest BCUT2D eigenvalue weighted by molar-refractivity contribution is -0.151. The number of unbranched alkanes of at least 4 members (excludes halogenated alkanes) is 27. The Hall–Kier alpha value is -2.18. The van der Waals surface area contributed by atoms with Crippen molar-refractivity contribution in [2.75, 3.05) is 6.61 Å². The van der Waals surface area contributed by atoms with Crippen LogP contribution in [0, 0.1) is 0 Å². The van der Waals surface area contributed by atoms with E-state index < -0.39 is 18.2 Å². The smallest absolute Gasteiger partial charge is 0.306 e. The average molecular weight is 856 g/mol. The third-order valence-electron chi connectivity index (χ3n) is 11.9. The Morgan fingerprint density at radius 2 is 0.885 bits per heavy atom. The van der Waals surface area contributed by atoms with E-state index in [0.29, 0.717) is 19.3 Å². The van der Waals surface area contributed by atoms with E-state index in [-0.39, 0.29) is 24.9 Å². The van der Waals surface area contributed by atoms with Crippen LogP contribution >= 0.6 is 0 Å². The number of aliphatic hydroxyl groups excluding tert-OH is 2. The molecule has 0 aliphatic rings. The van der Waals surface area contributed by atoms with Crippen LogP contribution in [-0.2, 0) is 14.3 Å². The first-order chi connectivity index (χ1) is 30.0. The first kappa shape index (κ1) is 58.8. The molecule has 3 unspecified atom stereocenters. The molecule has 1 amide bonds. The van der Waals surface area contributed by atoms with Gasteiger partial charge in [0.2, 0.25) is 5.91 Å². The zero-order valence-electron chi connectivity index (χ0n) is 40.5. The number of aliphatic hydroxyl groups is 2. The molecule has 0 radical (unpaired) electrons. The van der Waals surface area contributed by atoms with Gasteiger partial charge in [-0.25, -0.2) is 0 Å². The second-order valence-electron chi connectivity index (χ2n) is 17.9. The molecule has 0 rings (SSSR count). The predicted octanol–water partition coefficient (Wildman–Crippen LogP) is 15.8.